The normalized spacial score (nSPS) is 10.1. The van der Waals surface area contributed by atoms with Crippen molar-refractivity contribution in [3.63, 3.8) is 0 Å². The van der Waals surface area contributed by atoms with Crippen molar-refractivity contribution in [1.29, 1.82) is 0 Å². The highest BCUT2D eigenvalue weighted by molar-refractivity contribution is 5.65. The highest BCUT2D eigenvalue weighted by atomic mass is 16.6. The Bertz CT molecular complexity index is 419. The lowest BCUT2D eigenvalue weighted by Crippen LogP contribution is -2.11. The van der Waals surface area contributed by atoms with Crippen LogP contribution in [0.1, 0.15) is 12.0 Å². The van der Waals surface area contributed by atoms with Crippen LogP contribution in [0.15, 0.2) is 30.9 Å². The Hall–Kier alpha value is -1.88. The van der Waals surface area contributed by atoms with E-state index in [1.165, 1.54) is 6.07 Å². The van der Waals surface area contributed by atoms with Gasteiger partial charge in [-0.1, -0.05) is 18.2 Å². The highest BCUT2D eigenvalue weighted by Gasteiger charge is 2.14. The first-order valence-corrected chi connectivity index (χ1v) is 5.83. The van der Waals surface area contributed by atoms with Crippen LogP contribution in [0.3, 0.4) is 0 Å². The first-order chi connectivity index (χ1) is 8.66. The van der Waals surface area contributed by atoms with Crippen LogP contribution in [0.25, 0.3) is 0 Å². The molecule has 0 fully saturated rings. The molecule has 5 nitrogen and oxygen atoms in total. The van der Waals surface area contributed by atoms with E-state index in [1.807, 2.05) is 13.0 Å². The molecule has 0 aromatic heterocycles. The molecule has 98 valence electrons. The molecule has 1 N–H and O–H groups in total. The number of para-hydroxylation sites is 1. The summed E-state index contributed by atoms with van der Waals surface area (Å²) >= 11 is 0. The molecule has 0 aliphatic heterocycles. The van der Waals surface area contributed by atoms with Crippen molar-refractivity contribution in [1.82, 2.24) is 0 Å². The van der Waals surface area contributed by atoms with Crippen molar-refractivity contribution < 1.29 is 9.66 Å². The van der Waals surface area contributed by atoms with Crippen molar-refractivity contribution >= 4 is 11.4 Å². The van der Waals surface area contributed by atoms with Gasteiger partial charge in [0.05, 0.1) is 18.1 Å². The predicted molar refractivity (Wildman–Crippen MR) is 72.0 cm³/mol. The van der Waals surface area contributed by atoms with Crippen molar-refractivity contribution in [2.45, 2.75) is 13.3 Å². The lowest BCUT2D eigenvalue weighted by atomic mass is 10.1. The molecular formula is C13H18N2O3. The second-order valence-electron chi connectivity index (χ2n) is 3.84. The fourth-order valence-electron chi connectivity index (χ4n) is 1.55. The molecule has 1 rings (SSSR count). The molecule has 1 aromatic rings. The van der Waals surface area contributed by atoms with Crippen LogP contribution in [-0.4, -0.2) is 24.7 Å². The third kappa shape index (κ3) is 4.18. The van der Waals surface area contributed by atoms with Gasteiger partial charge in [-0.3, -0.25) is 10.1 Å². The SMILES string of the molecule is C=CCCOCCNc1c(C)cccc1[N+](=O)[O-]. The Labute approximate surface area is 107 Å². The summed E-state index contributed by atoms with van der Waals surface area (Å²) in [5.41, 5.74) is 1.52. The molecule has 0 aliphatic carbocycles. The number of nitro groups is 1. The molecule has 18 heavy (non-hydrogen) atoms. The molecular weight excluding hydrogens is 232 g/mol. The smallest absolute Gasteiger partial charge is 0.292 e. The van der Waals surface area contributed by atoms with Crippen LogP contribution >= 0.6 is 0 Å². The zero-order valence-corrected chi connectivity index (χ0v) is 10.5. The van der Waals surface area contributed by atoms with Gasteiger partial charge in [0.15, 0.2) is 0 Å². The summed E-state index contributed by atoms with van der Waals surface area (Å²) in [6.45, 7) is 7.12. The van der Waals surface area contributed by atoms with E-state index in [1.54, 1.807) is 12.1 Å². The summed E-state index contributed by atoms with van der Waals surface area (Å²) in [6, 6.07) is 5.01. The molecule has 5 heteroatoms. The van der Waals surface area contributed by atoms with Crippen molar-refractivity contribution in [2.24, 2.45) is 0 Å². The van der Waals surface area contributed by atoms with E-state index in [2.05, 4.69) is 11.9 Å². The lowest BCUT2D eigenvalue weighted by molar-refractivity contribution is -0.384. The zero-order chi connectivity index (χ0) is 13.4. The minimum absolute atomic E-state index is 0.0982. The van der Waals surface area contributed by atoms with E-state index in [0.717, 1.165) is 12.0 Å². The Morgan fingerprint density at radius 1 is 1.50 bits per heavy atom. The molecule has 0 saturated carbocycles. The van der Waals surface area contributed by atoms with Gasteiger partial charge in [-0.25, -0.2) is 0 Å². The number of nitrogens with one attached hydrogen (secondary N) is 1. The molecule has 0 amide bonds. The molecule has 0 spiro atoms. The Morgan fingerprint density at radius 2 is 2.28 bits per heavy atom. The van der Waals surface area contributed by atoms with Gasteiger partial charge in [-0.2, -0.15) is 0 Å². The van der Waals surface area contributed by atoms with Crippen LogP contribution < -0.4 is 5.32 Å². The summed E-state index contributed by atoms with van der Waals surface area (Å²) in [6.07, 6.45) is 2.60. The number of ether oxygens (including phenoxy) is 1. The van der Waals surface area contributed by atoms with Gasteiger partial charge in [0.25, 0.3) is 5.69 Å². The molecule has 0 aliphatic rings. The van der Waals surface area contributed by atoms with Crippen LogP contribution in [-0.2, 0) is 4.74 Å². The molecule has 0 heterocycles. The Balaban J connectivity index is 2.51. The van der Waals surface area contributed by atoms with Gasteiger partial charge in [-0.05, 0) is 18.9 Å². The molecule has 0 saturated heterocycles. The number of rotatable bonds is 8. The first kappa shape index (κ1) is 14.2. The van der Waals surface area contributed by atoms with Crippen molar-refractivity contribution in [2.75, 3.05) is 25.1 Å². The van der Waals surface area contributed by atoms with E-state index in [4.69, 9.17) is 4.74 Å². The quantitative estimate of drug-likeness (QED) is 0.333. The molecule has 0 unspecified atom stereocenters. The number of nitro benzene ring substituents is 1. The Kier molecular flexibility index (Phi) is 5.87. The maximum Gasteiger partial charge on any atom is 0.292 e. The number of hydrogen-bond acceptors (Lipinski definition) is 4. The molecule has 1 aromatic carbocycles. The van der Waals surface area contributed by atoms with Gasteiger partial charge in [0.2, 0.25) is 0 Å². The summed E-state index contributed by atoms with van der Waals surface area (Å²) in [7, 11) is 0. The summed E-state index contributed by atoms with van der Waals surface area (Å²) in [5, 5.41) is 13.9. The van der Waals surface area contributed by atoms with E-state index in [9.17, 15) is 10.1 Å². The maximum absolute atomic E-state index is 10.9. The third-order valence-electron chi connectivity index (χ3n) is 2.46. The number of hydrogen-bond donors (Lipinski definition) is 1. The summed E-state index contributed by atoms with van der Waals surface area (Å²) in [5.74, 6) is 0. The number of anilines is 1. The fourth-order valence-corrected chi connectivity index (χ4v) is 1.55. The fraction of sp³-hybridized carbons (Fsp3) is 0.385. The second-order valence-corrected chi connectivity index (χ2v) is 3.84. The van der Waals surface area contributed by atoms with Crippen LogP contribution in [0, 0.1) is 17.0 Å². The van der Waals surface area contributed by atoms with Crippen LogP contribution in [0.4, 0.5) is 11.4 Å². The van der Waals surface area contributed by atoms with Crippen LogP contribution in [0.5, 0.6) is 0 Å². The average molecular weight is 250 g/mol. The van der Waals surface area contributed by atoms with E-state index < -0.39 is 0 Å². The predicted octanol–water partition coefficient (Wildman–Crippen LogP) is 2.91. The van der Waals surface area contributed by atoms with Gasteiger partial charge in [-0.15, -0.1) is 6.58 Å². The monoisotopic (exact) mass is 250 g/mol. The topological polar surface area (TPSA) is 64.4 Å². The highest BCUT2D eigenvalue weighted by Crippen LogP contribution is 2.27. The average Bonchev–Trinajstić information content (AvgIpc) is 2.34. The summed E-state index contributed by atoms with van der Waals surface area (Å²) in [4.78, 5) is 10.5. The zero-order valence-electron chi connectivity index (χ0n) is 10.5. The van der Waals surface area contributed by atoms with Gasteiger partial charge >= 0.3 is 0 Å². The number of aryl methyl sites for hydroxylation is 1. The Morgan fingerprint density at radius 3 is 2.94 bits per heavy atom. The maximum atomic E-state index is 10.9. The number of benzene rings is 1. The van der Waals surface area contributed by atoms with E-state index in [0.29, 0.717) is 25.4 Å². The summed E-state index contributed by atoms with van der Waals surface area (Å²) < 4.78 is 5.33. The number of nitrogens with zero attached hydrogens (tertiary/aromatic N) is 1. The van der Waals surface area contributed by atoms with Gasteiger partial charge in [0, 0.05) is 12.6 Å². The second kappa shape index (κ2) is 7.45. The largest absolute Gasteiger partial charge is 0.379 e. The van der Waals surface area contributed by atoms with Gasteiger partial charge < -0.3 is 10.1 Å². The minimum atomic E-state index is -0.381. The van der Waals surface area contributed by atoms with Crippen molar-refractivity contribution in [3.8, 4) is 0 Å². The standard InChI is InChI=1S/C13H18N2O3/c1-3-4-9-18-10-8-14-13-11(2)6-5-7-12(13)15(16)17/h3,5-7,14H,1,4,8-10H2,2H3. The molecule has 0 bridgehead atoms. The van der Waals surface area contributed by atoms with Crippen molar-refractivity contribution in [3.05, 3.63) is 46.5 Å². The van der Waals surface area contributed by atoms with Crippen LogP contribution in [0.2, 0.25) is 0 Å². The molecule has 0 atom stereocenters. The van der Waals surface area contributed by atoms with Gasteiger partial charge in [0.1, 0.15) is 5.69 Å². The molecule has 0 radical (unpaired) electrons. The first-order valence-electron chi connectivity index (χ1n) is 5.83. The lowest BCUT2D eigenvalue weighted by Gasteiger charge is -2.10. The third-order valence-corrected chi connectivity index (χ3v) is 2.46. The minimum Gasteiger partial charge on any atom is -0.379 e. The van der Waals surface area contributed by atoms with E-state index >= 15 is 0 Å². The van der Waals surface area contributed by atoms with E-state index in [-0.39, 0.29) is 10.6 Å².